The lowest BCUT2D eigenvalue weighted by atomic mass is 10.0. The van der Waals surface area contributed by atoms with Crippen molar-refractivity contribution in [1.29, 1.82) is 0 Å². The van der Waals surface area contributed by atoms with Crippen molar-refractivity contribution in [1.82, 2.24) is 5.32 Å². The van der Waals surface area contributed by atoms with Gasteiger partial charge >= 0.3 is 0 Å². The third-order valence-corrected chi connectivity index (χ3v) is 4.70. The zero-order valence-corrected chi connectivity index (χ0v) is 11.8. The molecule has 1 aromatic carbocycles. The third kappa shape index (κ3) is 3.04. The summed E-state index contributed by atoms with van der Waals surface area (Å²) in [4.78, 5) is 1.41. The number of hydrogen-bond donors (Lipinski definition) is 1. The Morgan fingerprint density at radius 3 is 2.53 bits per heavy atom. The van der Waals surface area contributed by atoms with E-state index in [-0.39, 0.29) is 11.9 Å². The summed E-state index contributed by atoms with van der Waals surface area (Å²) in [5, 5.41) is 5.84. The van der Waals surface area contributed by atoms with Gasteiger partial charge < -0.3 is 5.32 Å². The number of benzene rings is 1. The maximum absolute atomic E-state index is 13.0. The number of rotatable bonds is 5. The first-order valence-electron chi connectivity index (χ1n) is 6.79. The van der Waals surface area contributed by atoms with E-state index in [1.54, 1.807) is 0 Å². The molecule has 100 valence electrons. The lowest BCUT2D eigenvalue weighted by molar-refractivity contribution is 0.432. The average molecular weight is 275 g/mol. The van der Waals surface area contributed by atoms with Gasteiger partial charge in [0.25, 0.3) is 0 Å². The molecule has 0 bridgehead atoms. The zero-order chi connectivity index (χ0) is 13.2. The lowest BCUT2D eigenvalue weighted by Crippen LogP contribution is -2.25. The van der Waals surface area contributed by atoms with E-state index in [0.29, 0.717) is 6.04 Å². The molecule has 1 nitrogen and oxygen atoms in total. The van der Waals surface area contributed by atoms with E-state index >= 15 is 0 Å². The molecule has 1 aliphatic rings. The van der Waals surface area contributed by atoms with Crippen LogP contribution in [-0.4, -0.2) is 0 Å². The summed E-state index contributed by atoms with van der Waals surface area (Å²) in [5.41, 5.74) is 1.14. The summed E-state index contributed by atoms with van der Waals surface area (Å²) < 4.78 is 13.0. The molecule has 1 fully saturated rings. The van der Waals surface area contributed by atoms with E-state index in [1.165, 1.54) is 29.9 Å². The van der Waals surface area contributed by atoms with Crippen LogP contribution in [0.25, 0.3) is 0 Å². The highest BCUT2D eigenvalue weighted by Crippen LogP contribution is 2.43. The molecule has 2 aromatic rings. The van der Waals surface area contributed by atoms with E-state index in [0.717, 1.165) is 11.5 Å². The highest BCUT2D eigenvalue weighted by molar-refractivity contribution is 7.10. The lowest BCUT2D eigenvalue weighted by Gasteiger charge is -2.22. The summed E-state index contributed by atoms with van der Waals surface area (Å²) in [6, 6.07) is 11.8. The van der Waals surface area contributed by atoms with Gasteiger partial charge in [0.05, 0.1) is 0 Å². The molecule has 3 heteroatoms. The topological polar surface area (TPSA) is 12.0 Å². The third-order valence-electron chi connectivity index (χ3n) is 3.74. The van der Waals surface area contributed by atoms with Crippen LogP contribution >= 0.6 is 11.3 Å². The smallest absolute Gasteiger partial charge is 0.123 e. The van der Waals surface area contributed by atoms with Crippen molar-refractivity contribution in [3.8, 4) is 0 Å². The van der Waals surface area contributed by atoms with E-state index in [9.17, 15) is 4.39 Å². The quantitative estimate of drug-likeness (QED) is 0.834. The van der Waals surface area contributed by atoms with Gasteiger partial charge in [-0.15, -0.1) is 11.3 Å². The molecule has 2 atom stereocenters. The molecular weight excluding hydrogens is 257 g/mol. The molecule has 0 spiro atoms. The average Bonchev–Trinajstić information content (AvgIpc) is 3.11. The van der Waals surface area contributed by atoms with Gasteiger partial charge in [0, 0.05) is 17.0 Å². The van der Waals surface area contributed by atoms with Crippen molar-refractivity contribution in [2.75, 3.05) is 0 Å². The van der Waals surface area contributed by atoms with Gasteiger partial charge in [-0.05, 0) is 54.8 Å². The van der Waals surface area contributed by atoms with Crippen molar-refractivity contribution < 1.29 is 4.39 Å². The monoisotopic (exact) mass is 275 g/mol. The Morgan fingerprint density at radius 2 is 1.95 bits per heavy atom. The van der Waals surface area contributed by atoms with E-state index in [2.05, 4.69) is 29.8 Å². The summed E-state index contributed by atoms with van der Waals surface area (Å²) in [6.07, 6.45) is 2.62. The van der Waals surface area contributed by atoms with Crippen LogP contribution in [0.5, 0.6) is 0 Å². The SMILES string of the molecule is C[C@H](NC(c1cccs1)C1CC1)c1ccc(F)cc1. The Morgan fingerprint density at radius 1 is 1.21 bits per heavy atom. The Balaban J connectivity index is 1.73. The first-order valence-corrected chi connectivity index (χ1v) is 7.67. The van der Waals surface area contributed by atoms with Gasteiger partial charge in [-0.3, -0.25) is 0 Å². The molecule has 0 amide bonds. The molecule has 1 unspecified atom stereocenters. The summed E-state index contributed by atoms with van der Waals surface area (Å²) in [5.74, 6) is 0.592. The molecule has 0 aliphatic heterocycles. The fourth-order valence-electron chi connectivity index (χ4n) is 2.47. The fourth-order valence-corrected chi connectivity index (χ4v) is 3.34. The van der Waals surface area contributed by atoms with Gasteiger partial charge in [0.1, 0.15) is 5.82 Å². The number of thiophene rings is 1. The predicted octanol–water partition coefficient (Wildman–Crippen LogP) is 4.69. The Hall–Kier alpha value is -1.19. The van der Waals surface area contributed by atoms with Gasteiger partial charge in [0.15, 0.2) is 0 Å². The second-order valence-corrected chi connectivity index (χ2v) is 6.25. The second kappa shape index (κ2) is 5.43. The largest absolute Gasteiger partial charge is 0.302 e. The first-order chi connectivity index (χ1) is 9.24. The van der Waals surface area contributed by atoms with E-state index < -0.39 is 0 Å². The van der Waals surface area contributed by atoms with Crippen molar-refractivity contribution in [2.24, 2.45) is 5.92 Å². The highest BCUT2D eigenvalue weighted by atomic mass is 32.1. The minimum atomic E-state index is -0.173. The summed E-state index contributed by atoms with van der Waals surface area (Å²) in [6.45, 7) is 2.15. The van der Waals surface area contributed by atoms with E-state index in [4.69, 9.17) is 0 Å². The molecule has 0 saturated heterocycles. The number of halogens is 1. The van der Waals surface area contributed by atoms with Gasteiger partial charge in [-0.25, -0.2) is 4.39 Å². The molecular formula is C16H18FNS. The number of hydrogen-bond acceptors (Lipinski definition) is 2. The number of nitrogens with one attached hydrogen (secondary N) is 1. The standard InChI is InChI=1S/C16H18FNS/c1-11(12-6-8-14(17)9-7-12)18-16(13-4-5-13)15-3-2-10-19-15/h2-3,6-11,13,16,18H,4-5H2,1H3/t11-,16?/m0/s1. The molecule has 1 N–H and O–H groups in total. The maximum atomic E-state index is 13.0. The Bertz CT molecular complexity index is 516. The van der Waals surface area contributed by atoms with Crippen LogP contribution in [0.1, 0.15) is 42.3 Å². The molecule has 3 rings (SSSR count). The van der Waals surface area contributed by atoms with Gasteiger partial charge in [-0.1, -0.05) is 18.2 Å². The van der Waals surface area contributed by atoms with Crippen LogP contribution < -0.4 is 5.32 Å². The maximum Gasteiger partial charge on any atom is 0.123 e. The van der Waals surface area contributed by atoms with Crippen LogP contribution in [-0.2, 0) is 0 Å². The molecule has 1 aromatic heterocycles. The minimum absolute atomic E-state index is 0.173. The fraction of sp³-hybridized carbons (Fsp3) is 0.375. The molecule has 1 saturated carbocycles. The van der Waals surface area contributed by atoms with Crippen LogP contribution in [0.15, 0.2) is 41.8 Å². The predicted molar refractivity (Wildman–Crippen MR) is 77.7 cm³/mol. The Kier molecular flexibility index (Phi) is 3.67. The summed E-state index contributed by atoms with van der Waals surface area (Å²) >= 11 is 1.82. The molecule has 19 heavy (non-hydrogen) atoms. The normalized spacial score (nSPS) is 18.2. The minimum Gasteiger partial charge on any atom is -0.302 e. The van der Waals surface area contributed by atoms with Crippen molar-refractivity contribution in [3.05, 3.63) is 58.0 Å². The van der Waals surface area contributed by atoms with Crippen molar-refractivity contribution in [2.45, 2.75) is 31.8 Å². The van der Waals surface area contributed by atoms with Gasteiger partial charge in [-0.2, -0.15) is 0 Å². The zero-order valence-electron chi connectivity index (χ0n) is 11.0. The second-order valence-electron chi connectivity index (χ2n) is 5.27. The molecule has 1 aliphatic carbocycles. The van der Waals surface area contributed by atoms with Crippen LogP contribution in [0.3, 0.4) is 0 Å². The Labute approximate surface area is 117 Å². The van der Waals surface area contributed by atoms with Gasteiger partial charge in [0.2, 0.25) is 0 Å². The highest BCUT2D eigenvalue weighted by Gasteiger charge is 2.33. The first kappa shape index (κ1) is 12.8. The van der Waals surface area contributed by atoms with Crippen LogP contribution in [0.2, 0.25) is 0 Å². The van der Waals surface area contributed by atoms with E-state index in [1.807, 2.05) is 23.5 Å². The molecule has 1 heterocycles. The van der Waals surface area contributed by atoms with Crippen molar-refractivity contribution in [3.63, 3.8) is 0 Å². The van der Waals surface area contributed by atoms with Crippen LogP contribution in [0.4, 0.5) is 4.39 Å². The van der Waals surface area contributed by atoms with Crippen molar-refractivity contribution >= 4 is 11.3 Å². The summed E-state index contributed by atoms with van der Waals surface area (Å²) in [7, 11) is 0. The molecule has 0 radical (unpaired) electrons. The van der Waals surface area contributed by atoms with Crippen LogP contribution in [0, 0.1) is 11.7 Å².